The van der Waals surface area contributed by atoms with Gasteiger partial charge in [0.05, 0.1) is 12.1 Å². The van der Waals surface area contributed by atoms with Crippen molar-refractivity contribution in [2.24, 2.45) is 5.92 Å². The minimum atomic E-state index is -0.440. The molecule has 2 aliphatic heterocycles. The van der Waals surface area contributed by atoms with Gasteiger partial charge in [0.25, 0.3) is 0 Å². The lowest BCUT2D eigenvalue weighted by molar-refractivity contribution is -0.144. The highest BCUT2D eigenvalue weighted by molar-refractivity contribution is 5.90. The molecule has 2 amide bonds. The number of likely N-dealkylation sites (tertiary alicyclic amines) is 1. The second-order valence-corrected chi connectivity index (χ2v) is 9.81. The van der Waals surface area contributed by atoms with Crippen molar-refractivity contribution in [3.63, 3.8) is 0 Å². The number of nitrogen functional groups attached to an aromatic ring is 1. The smallest absolute Gasteiger partial charge is 0.243 e. The number of pyridine rings is 1. The third kappa shape index (κ3) is 4.78. The Kier molecular flexibility index (Phi) is 6.50. The maximum atomic E-state index is 13.4. The molecule has 1 unspecified atom stereocenters. The average Bonchev–Trinajstić information content (AvgIpc) is 3.47. The molecule has 3 aliphatic rings. The van der Waals surface area contributed by atoms with Gasteiger partial charge in [0.2, 0.25) is 11.8 Å². The predicted molar refractivity (Wildman–Crippen MR) is 127 cm³/mol. The van der Waals surface area contributed by atoms with Crippen molar-refractivity contribution >= 4 is 17.6 Å². The molecule has 180 valence electrons. The minimum Gasteiger partial charge on any atom is -0.384 e. The van der Waals surface area contributed by atoms with Crippen LogP contribution in [-0.2, 0) is 22.4 Å². The van der Waals surface area contributed by atoms with E-state index >= 15 is 0 Å². The van der Waals surface area contributed by atoms with Crippen LogP contribution in [0.25, 0.3) is 0 Å². The Morgan fingerprint density at radius 3 is 2.79 bits per heavy atom. The quantitative estimate of drug-likeness (QED) is 0.630. The van der Waals surface area contributed by atoms with Crippen LogP contribution < -0.4 is 16.4 Å². The van der Waals surface area contributed by atoms with Crippen molar-refractivity contribution in [2.45, 2.75) is 63.1 Å². The molecule has 2 aromatic rings. The summed E-state index contributed by atoms with van der Waals surface area (Å²) in [5, 5.41) is 6.55. The first-order valence-electron chi connectivity index (χ1n) is 12.3. The Morgan fingerprint density at radius 2 is 1.97 bits per heavy atom. The molecule has 1 aliphatic carbocycles. The molecule has 1 aromatic carbocycles. The van der Waals surface area contributed by atoms with Crippen LogP contribution in [0.4, 0.5) is 10.2 Å². The fourth-order valence-corrected chi connectivity index (χ4v) is 5.68. The number of nitrogens with two attached hydrogens (primary N) is 1. The van der Waals surface area contributed by atoms with E-state index in [2.05, 4.69) is 15.6 Å². The maximum absolute atomic E-state index is 13.4. The van der Waals surface area contributed by atoms with Crippen LogP contribution in [0.2, 0.25) is 0 Å². The third-order valence-corrected chi connectivity index (χ3v) is 7.44. The second-order valence-electron chi connectivity index (χ2n) is 9.81. The molecular formula is C26H32FN5O2. The topological polar surface area (TPSA) is 100 Å². The minimum absolute atomic E-state index is 0.0164. The van der Waals surface area contributed by atoms with E-state index in [0.29, 0.717) is 24.7 Å². The van der Waals surface area contributed by atoms with Gasteiger partial charge in [0, 0.05) is 12.2 Å². The van der Waals surface area contributed by atoms with Crippen molar-refractivity contribution in [1.29, 1.82) is 0 Å². The van der Waals surface area contributed by atoms with Crippen LogP contribution in [0.3, 0.4) is 0 Å². The van der Waals surface area contributed by atoms with E-state index < -0.39 is 6.04 Å². The number of amides is 2. The monoisotopic (exact) mass is 465 g/mol. The molecular weight excluding hydrogens is 433 g/mol. The second kappa shape index (κ2) is 9.70. The number of nitrogens with one attached hydrogen (secondary N) is 2. The first-order valence-corrected chi connectivity index (χ1v) is 12.3. The van der Waals surface area contributed by atoms with Crippen LogP contribution in [0.5, 0.6) is 0 Å². The molecule has 0 spiro atoms. The Labute approximate surface area is 199 Å². The number of hydrogen-bond acceptors (Lipinski definition) is 5. The van der Waals surface area contributed by atoms with E-state index in [9.17, 15) is 14.0 Å². The molecule has 7 nitrogen and oxygen atoms in total. The summed E-state index contributed by atoms with van der Waals surface area (Å²) >= 11 is 0. The number of halogens is 1. The highest BCUT2D eigenvalue weighted by Gasteiger charge is 2.39. The molecule has 4 N–H and O–H groups in total. The fraction of sp³-hybridized carbons (Fsp3) is 0.500. The van der Waals surface area contributed by atoms with Crippen molar-refractivity contribution in [1.82, 2.24) is 20.5 Å². The van der Waals surface area contributed by atoms with Crippen LogP contribution in [0.15, 0.2) is 36.4 Å². The molecule has 2 fully saturated rings. The summed E-state index contributed by atoms with van der Waals surface area (Å²) in [4.78, 5) is 32.9. The molecule has 8 heteroatoms. The summed E-state index contributed by atoms with van der Waals surface area (Å²) in [6.45, 7) is 1.35. The molecule has 0 radical (unpaired) electrons. The third-order valence-electron chi connectivity index (χ3n) is 7.44. The van der Waals surface area contributed by atoms with Gasteiger partial charge in [0.15, 0.2) is 0 Å². The summed E-state index contributed by atoms with van der Waals surface area (Å²) in [5.41, 5.74) is 8.85. The van der Waals surface area contributed by atoms with Crippen molar-refractivity contribution in [3.05, 3.63) is 59.0 Å². The van der Waals surface area contributed by atoms with Gasteiger partial charge in [-0.1, -0.05) is 18.2 Å². The van der Waals surface area contributed by atoms with Crippen LogP contribution in [0, 0.1) is 11.7 Å². The standard InChI is InChI=1S/C26H32FN5O2/c27-18-6-4-16(5-7-18)13-17-14-22(29-15-17)26(34)32-12-2-1-3-23(32)25(33)31-21-10-9-20-19(21)8-11-24(28)30-20/h4-8,11,17,21-23,29H,1-3,9-10,12-15H2,(H2,28,30)(H,31,33)/t17-,21?,22+,23-/m0/s1. The van der Waals surface area contributed by atoms with E-state index in [-0.39, 0.29) is 29.7 Å². The molecule has 1 aromatic heterocycles. The number of aromatic nitrogens is 1. The SMILES string of the molecule is Nc1ccc2c(n1)CCC2NC(=O)[C@@H]1CCCCN1C(=O)[C@H]1C[C@H](Cc2ccc(F)cc2)CN1. The van der Waals surface area contributed by atoms with Crippen LogP contribution >= 0.6 is 0 Å². The van der Waals surface area contributed by atoms with Gasteiger partial charge in [0.1, 0.15) is 17.7 Å². The highest BCUT2D eigenvalue weighted by atomic mass is 19.1. The number of hydrogen-bond donors (Lipinski definition) is 3. The molecule has 3 heterocycles. The van der Waals surface area contributed by atoms with E-state index in [0.717, 1.165) is 61.9 Å². The van der Waals surface area contributed by atoms with Gasteiger partial charge in [-0.15, -0.1) is 0 Å². The van der Waals surface area contributed by atoms with Crippen molar-refractivity contribution in [3.8, 4) is 0 Å². The number of anilines is 1. The number of aryl methyl sites for hydroxylation is 1. The first-order chi connectivity index (χ1) is 16.5. The Bertz CT molecular complexity index is 1060. The Balaban J connectivity index is 1.21. The largest absolute Gasteiger partial charge is 0.384 e. The van der Waals surface area contributed by atoms with Crippen LogP contribution in [0.1, 0.15) is 55.0 Å². The van der Waals surface area contributed by atoms with Gasteiger partial charge in [-0.3, -0.25) is 9.59 Å². The zero-order valence-electron chi connectivity index (χ0n) is 19.3. The number of benzene rings is 1. The number of carbonyl (C=O) groups is 2. The molecule has 0 saturated carbocycles. The Hall–Kier alpha value is -3.00. The molecule has 0 bridgehead atoms. The lowest BCUT2D eigenvalue weighted by Gasteiger charge is -2.37. The Morgan fingerprint density at radius 1 is 1.15 bits per heavy atom. The summed E-state index contributed by atoms with van der Waals surface area (Å²) in [5.74, 6) is 0.506. The number of carbonyl (C=O) groups excluding carboxylic acids is 2. The average molecular weight is 466 g/mol. The maximum Gasteiger partial charge on any atom is 0.243 e. The van der Waals surface area contributed by atoms with Gasteiger partial charge in [-0.25, -0.2) is 9.37 Å². The normalized spacial score (nSPS) is 26.3. The van der Waals surface area contributed by atoms with Gasteiger partial charge < -0.3 is 21.3 Å². The van der Waals surface area contributed by atoms with E-state index in [1.807, 2.05) is 6.07 Å². The zero-order valence-corrected chi connectivity index (χ0v) is 19.3. The summed E-state index contributed by atoms with van der Waals surface area (Å²) in [6, 6.07) is 9.48. The van der Waals surface area contributed by atoms with Gasteiger partial charge in [-0.05, 0) is 86.7 Å². The fourth-order valence-electron chi connectivity index (χ4n) is 5.68. The van der Waals surface area contributed by atoms with Gasteiger partial charge in [-0.2, -0.15) is 0 Å². The summed E-state index contributed by atoms with van der Waals surface area (Å²) in [7, 11) is 0. The molecule has 34 heavy (non-hydrogen) atoms. The number of rotatable bonds is 5. The molecule has 4 atom stereocenters. The van der Waals surface area contributed by atoms with Crippen LogP contribution in [-0.4, -0.2) is 46.9 Å². The van der Waals surface area contributed by atoms with E-state index in [4.69, 9.17) is 5.73 Å². The zero-order chi connectivity index (χ0) is 23.7. The summed E-state index contributed by atoms with van der Waals surface area (Å²) in [6.07, 6.45) is 5.66. The molecule has 5 rings (SSSR count). The van der Waals surface area contributed by atoms with E-state index in [1.165, 1.54) is 12.1 Å². The van der Waals surface area contributed by atoms with Crippen molar-refractivity contribution in [2.75, 3.05) is 18.8 Å². The molecule has 2 saturated heterocycles. The number of piperidine rings is 1. The lowest BCUT2D eigenvalue weighted by Crippen LogP contribution is -2.56. The van der Waals surface area contributed by atoms with Gasteiger partial charge >= 0.3 is 0 Å². The predicted octanol–water partition coefficient (Wildman–Crippen LogP) is 2.51. The number of fused-ring (bicyclic) bond motifs is 1. The lowest BCUT2D eigenvalue weighted by atomic mass is 9.95. The first kappa shape index (κ1) is 22.8. The van der Waals surface area contributed by atoms with Crippen molar-refractivity contribution < 1.29 is 14.0 Å². The number of nitrogens with zero attached hydrogens (tertiary/aromatic N) is 2. The highest BCUT2D eigenvalue weighted by Crippen LogP contribution is 2.31. The summed E-state index contributed by atoms with van der Waals surface area (Å²) < 4.78 is 13.2. The van der Waals surface area contributed by atoms with E-state index in [1.54, 1.807) is 23.1 Å².